The Bertz CT molecular complexity index is 968. The van der Waals surface area contributed by atoms with Crippen LogP contribution in [0, 0.1) is 11.3 Å². The molecule has 138 valence electrons. The maximum absolute atomic E-state index is 9.57. The lowest BCUT2D eigenvalue weighted by Crippen LogP contribution is -2.37. The second-order valence-corrected chi connectivity index (χ2v) is 6.63. The third-order valence-corrected chi connectivity index (χ3v) is 5.03. The van der Waals surface area contributed by atoms with Gasteiger partial charge < -0.3 is 14.4 Å². The van der Waals surface area contributed by atoms with E-state index < -0.39 is 0 Å². The third-order valence-electron chi connectivity index (χ3n) is 5.03. The molecule has 1 aromatic carbocycles. The molecule has 6 heteroatoms. The van der Waals surface area contributed by atoms with Gasteiger partial charge in [0.15, 0.2) is 11.5 Å². The van der Waals surface area contributed by atoms with E-state index >= 15 is 0 Å². The minimum atomic E-state index is 0.203. The Morgan fingerprint density at radius 1 is 1.15 bits per heavy atom. The highest BCUT2D eigenvalue weighted by atomic mass is 16.5. The predicted octanol–water partition coefficient (Wildman–Crippen LogP) is 3.40. The number of nitriles is 1. The van der Waals surface area contributed by atoms with Gasteiger partial charge in [0.2, 0.25) is 0 Å². The fourth-order valence-electron chi connectivity index (χ4n) is 3.57. The number of para-hydroxylation sites is 1. The number of benzene rings is 1. The molecule has 0 bridgehead atoms. The van der Waals surface area contributed by atoms with Crippen molar-refractivity contribution in [1.29, 1.82) is 5.26 Å². The summed E-state index contributed by atoms with van der Waals surface area (Å²) in [6.07, 6.45) is 3.91. The van der Waals surface area contributed by atoms with Gasteiger partial charge in [-0.25, -0.2) is 4.98 Å². The highest BCUT2D eigenvalue weighted by molar-refractivity contribution is 5.60. The maximum Gasteiger partial charge on any atom is 0.169 e. The maximum atomic E-state index is 9.57. The van der Waals surface area contributed by atoms with Crippen LogP contribution in [-0.4, -0.2) is 35.7 Å². The smallest absolute Gasteiger partial charge is 0.169 e. The fourth-order valence-corrected chi connectivity index (χ4v) is 3.57. The first kappa shape index (κ1) is 17.4. The molecule has 27 heavy (non-hydrogen) atoms. The quantitative estimate of drug-likeness (QED) is 0.696. The molecule has 3 heterocycles. The third kappa shape index (κ3) is 3.46. The minimum absolute atomic E-state index is 0.203. The van der Waals surface area contributed by atoms with Crippen LogP contribution in [-0.2, 0) is 11.3 Å². The van der Waals surface area contributed by atoms with Crippen molar-refractivity contribution in [2.75, 3.05) is 25.1 Å². The van der Waals surface area contributed by atoms with Crippen LogP contribution in [0.3, 0.4) is 0 Å². The molecule has 0 amide bonds. The topological polar surface area (TPSA) is 62.8 Å². The van der Waals surface area contributed by atoms with Crippen molar-refractivity contribution in [3.63, 3.8) is 0 Å². The predicted molar refractivity (Wildman–Crippen MR) is 103 cm³/mol. The number of imidazole rings is 1. The van der Waals surface area contributed by atoms with Crippen LogP contribution in [0.1, 0.15) is 24.1 Å². The van der Waals surface area contributed by atoms with Gasteiger partial charge >= 0.3 is 0 Å². The van der Waals surface area contributed by atoms with E-state index in [1.807, 2.05) is 53.1 Å². The van der Waals surface area contributed by atoms with Gasteiger partial charge in [-0.3, -0.25) is 4.40 Å². The van der Waals surface area contributed by atoms with E-state index in [2.05, 4.69) is 16.0 Å². The zero-order valence-electron chi connectivity index (χ0n) is 15.3. The largest absolute Gasteiger partial charge is 0.496 e. The second-order valence-electron chi connectivity index (χ2n) is 6.63. The van der Waals surface area contributed by atoms with E-state index in [-0.39, 0.29) is 6.10 Å². The Morgan fingerprint density at radius 2 is 1.93 bits per heavy atom. The summed E-state index contributed by atoms with van der Waals surface area (Å²) >= 11 is 0. The Hall–Kier alpha value is -3.04. The van der Waals surface area contributed by atoms with Crippen LogP contribution in [0.2, 0.25) is 0 Å². The van der Waals surface area contributed by atoms with Crippen LogP contribution in [0.4, 0.5) is 5.82 Å². The zero-order chi connectivity index (χ0) is 18.6. The van der Waals surface area contributed by atoms with Crippen LogP contribution in [0.25, 0.3) is 5.65 Å². The number of hydrogen-bond acceptors (Lipinski definition) is 5. The fraction of sp³-hybridized carbons (Fsp3) is 0.333. The van der Waals surface area contributed by atoms with Crippen molar-refractivity contribution < 1.29 is 9.47 Å². The molecule has 1 saturated heterocycles. The van der Waals surface area contributed by atoms with E-state index in [9.17, 15) is 5.26 Å². The first-order valence-corrected chi connectivity index (χ1v) is 9.16. The van der Waals surface area contributed by atoms with E-state index in [0.29, 0.717) is 12.3 Å². The summed E-state index contributed by atoms with van der Waals surface area (Å²) in [5.74, 6) is 1.63. The molecule has 0 aliphatic carbocycles. The van der Waals surface area contributed by atoms with Crippen molar-refractivity contribution >= 4 is 11.5 Å². The van der Waals surface area contributed by atoms with Gasteiger partial charge in [-0.05, 0) is 31.0 Å². The van der Waals surface area contributed by atoms with Gasteiger partial charge in [0.25, 0.3) is 0 Å². The molecule has 0 spiro atoms. The Balaban J connectivity index is 1.40. The van der Waals surface area contributed by atoms with Crippen LogP contribution in [0.15, 0.2) is 48.7 Å². The average molecular weight is 362 g/mol. The number of nitrogens with zero attached hydrogens (tertiary/aromatic N) is 4. The van der Waals surface area contributed by atoms with E-state index in [1.54, 1.807) is 7.11 Å². The number of ether oxygens (including phenoxy) is 2. The number of piperidine rings is 1. The number of aromatic nitrogens is 2. The lowest BCUT2D eigenvalue weighted by molar-refractivity contribution is 0.0242. The Kier molecular flexibility index (Phi) is 4.95. The van der Waals surface area contributed by atoms with Crippen molar-refractivity contribution in [3.05, 3.63) is 59.9 Å². The number of anilines is 1. The molecule has 4 rings (SSSR count). The molecule has 0 atom stereocenters. The van der Waals surface area contributed by atoms with E-state index in [1.165, 1.54) is 0 Å². The molecule has 2 aromatic heterocycles. The van der Waals surface area contributed by atoms with Gasteiger partial charge in [-0.1, -0.05) is 24.3 Å². The number of pyridine rings is 1. The van der Waals surface area contributed by atoms with Crippen molar-refractivity contribution in [3.8, 4) is 11.8 Å². The monoisotopic (exact) mass is 362 g/mol. The summed E-state index contributed by atoms with van der Waals surface area (Å²) < 4.78 is 13.3. The van der Waals surface area contributed by atoms with Gasteiger partial charge in [-0.2, -0.15) is 5.26 Å². The molecule has 6 nitrogen and oxygen atoms in total. The summed E-state index contributed by atoms with van der Waals surface area (Å²) in [6, 6.07) is 16.0. The summed E-state index contributed by atoms with van der Waals surface area (Å²) in [4.78, 5) is 6.85. The molecular formula is C21H22N4O2. The summed E-state index contributed by atoms with van der Waals surface area (Å²) in [5.41, 5.74) is 2.46. The van der Waals surface area contributed by atoms with Crippen molar-refractivity contribution in [2.24, 2.45) is 0 Å². The highest BCUT2D eigenvalue weighted by Crippen LogP contribution is 2.26. The molecule has 1 fully saturated rings. The highest BCUT2D eigenvalue weighted by Gasteiger charge is 2.24. The minimum Gasteiger partial charge on any atom is -0.496 e. The number of rotatable bonds is 5. The lowest BCUT2D eigenvalue weighted by Gasteiger charge is -2.32. The second kappa shape index (κ2) is 7.68. The van der Waals surface area contributed by atoms with Crippen LogP contribution in [0.5, 0.6) is 5.75 Å². The molecule has 3 aromatic rings. The van der Waals surface area contributed by atoms with Crippen molar-refractivity contribution in [1.82, 2.24) is 9.38 Å². The Labute approximate surface area is 158 Å². The lowest BCUT2D eigenvalue weighted by atomic mass is 10.1. The number of hydrogen-bond donors (Lipinski definition) is 0. The molecule has 0 N–H and O–H groups in total. The van der Waals surface area contributed by atoms with Gasteiger partial charge in [0, 0.05) is 24.8 Å². The summed E-state index contributed by atoms with van der Waals surface area (Å²) in [5, 5.41) is 9.57. The van der Waals surface area contributed by atoms with E-state index in [4.69, 9.17) is 9.47 Å². The molecule has 1 aliphatic rings. The summed E-state index contributed by atoms with van der Waals surface area (Å²) in [6.45, 7) is 2.21. The molecule has 0 radical (unpaired) electrons. The van der Waals surface area contributed by atoms with Gasteiger partial charge in [0.1, 0.15) is 17.5 Å². The molecular weight excluding hydrogens is 340 g/mol. The zero-order valence-corrected chi connectivity index (χ0v) is 15.3. The first-order chi connectivity index (χ1) is 13.3. The normalized spacial score (nSPS) is 15.0. The SMILES string of the molecule is COc1ccccc1COC1CCN(c2nc3ccccn3c2C#N)CC1. The van der Waals surface area contributed by atoms with Gasteiger partial charge in [-0.15, -0.1) is 0 Å². The molecule has 1 aliphatic heterocycles. The van der Waals surface area contributed by atoms with Crippen molar-refractivity contribution in [2.45, 2.75) is 25.6 Å². The first-order valence-electron chi connectivity index (χ1n) is 9.16. The molecule has 0 unspecified atom stereocenters. The molecule has 0 saturated carbocycles. The average Bonchev–Trinajstić information content (AvgIpc) is 3.11. The summed E-state index contributed by atoms with van der Waals surface area (Å²) in [7, 11) is 1.68. The van der Waals surface area contributed by atoms with Crippen LogP contribution >= 0.6 is 0 Å². The number of methoxy groups -OCH3 is 1. The standard InChI is InChI=1S/C21H22N4O2/c1-26-19-7-3-2-6-16(19)15-27-17-9-12-24(13-10-17)21-18(14-22)25-11-5-4-8-20(25)23-21/h2-8,11,17H,9-10,12-13,15H2,1H3. The Morgan fingerprint density at radius 3 is 2.70 bits per heavy atom. The van der Waals surface area contributed by atoms with Crippen LogP contribution < -0.4 is 9.64 Å². The van der Waals surface area contributed by atoms with Gasteiger partial charge in [0.05, 0.1) is 19.8 Å². The number of fused-ring (bicyclic) bond motifs is 1. The van der Waals surface area contributed by atoms with E-state index in [0.717, 1.165) is 48.7 Å².